The van der Waals surface area contributed by atoms with Crippen molar-refractivity contribution in [1.82, 2.24) is 4.90 Å². The average molecular weight is 320 g/mol. The standard InChI is InChI=1S/C16H20N2O5/c19-14-9-23-16(11-18(14)13-4-2-1-3-5-13)10-17(8-15(20)21)6-7-22-12-16/h1-5H,6-12H2,(H,20,21). The van der Waals surface area contributed by atoms with Gasteiger partial charge in [-0.1, -0.05) is 18.2 Å². The lowest BCUT2D eigenvalue weighted by Gasteiger charge is -2.42. The minimum absolute atomic E-state index is 0.0286. The molecule has 3 rings (SSSR count). The fourth-order valence-electron chi connectivity index (χ4n) is 3.05. The summed E-state index contributed by atoms with van der Waals surface area (Å²) in [6.07, 6.45) is 0. The van der Waals surface area contributed by atoms with Crippen LogP contribution in [0.2, 0.25) is 0 Å². The topological polar surface area (TPSA) is 79.3 Å². The maximum atomic E-state index is 12.2. The van der Waals surface area contributed by atoms with Crippen LogP contribution in [-0.2, 0) is 19.1 Å². The Morgan fingerprint density at radius 2 is 2.04 bits per heavy atom. The second-order valence-corrected chi connectivity index (χ2v) is 5.94. The average Bonchev–Trinajstić information content (AvgIpc) is 2.73. The van der Waals surface area contributed by atoms with E-state index in [1.54, 1.807) is 9.80 Å². The van der Waals surface area contributed by atoms with Crippen LogP contribution in [0.25, 0.3) is 0 Å². The van der Waals surface area contributed by atoms with Crippen LogP contribution in [0.5, 0.6) is 0 Å². The number of rotatable bonds is 3. The lowest BCUT2D eigenvalue weighted by molar-refractivity contribution is -0.148. The number of amides is 1. The molecule has 2 aliphatic heterocycles. The third-order valence-corrected chi connectivity index (χ3v) is 4.10. The van der Waals surface area contributed by atoms with Gasteiger partial charge in [-0.2, -0.15) is 0 Å². The van der Waals surface area contributed by atoms with Crippen molar-refractivity contribution in [3.05, 3.63) is 30.3 Å². The Bertz CT molecular complexity index is 579. The number of para-hydroxylation sites is 1. The highest BCUT2D eigenvalue weighted by molar-refractivity contribution is 5.95. The quantitative estimate of drug-likeness (QED) is 0.857. The molecule has 1 N–H and O–H groups in total. The summed E-state index contributed by atoms with van der Waals surface area (Å²) in [6.45, 7) is 2.03. The number of benzene rings is 1. The minimum atomic E-state index is -0.881. The second-order valence-electron chi connectivity index (χ2n) is 5.94. The van der Waals surface area contributed by atoms with Crippen molar-refractivity contribution in [1.29, 1.82) is 0 Å². The highest BCUT2D eigenvalue weighted by atomic mass is 16.6. The Morgan fingerprint density at radius 3 is 2.78 bits per heavy atom. The van der Waals surface area contributed by atoms with Crippen molar-refractivity contribution in [2.75, 3.05) is 50.9 Å². The first kappa shape index (κ1) is 15.9. The molecule has 0 aliphatic carbocycles. The summed E-state index contributed by atoms with van der Waals surface area (Å²) in [5.74, 6) is -0.982. The van der Waals surface area contributed by atoms with Gasteiger partial charge in [-0.15, -0.1) is 0 Å². The highest BCUT2D eigenvalue weighted by Crippen LogP contribution is 2.27. The number of carboxylic acids is 1. The third-order valence-electron chi connectivity index (χ3n) is 4.10. The molecule has 1 atom stereocenters. The Morgan fingerprint density at radius 1 is 1.26 bits per heavy atom. The maximum Gasteiger partial charge on any atom is 0.317 e. The van der Waals surface area contributed by atoms with Crippen LogP contribution in [-0.4, -0.2) is 73.5 Å². The smallest absolute Gasteiger partial charge is 0.317 e. The molecule has 2 fully saturated rings. The van der Waals surface area contributed by atoms with Crippen LogP contribution in [0.4, 0.5) is 5.69 Å². The normalized spacial score (nSPS) is 26.3. The zero-order chi connectivity index (χ0) is 16.3. The van der Waals surface area contributed by atoms with E-state index in [-0.39, 0.29) is 19.1 Å². The summed E-state index contributed by atoms with van der Waals surface area (Å²) >= 11 is 0. The van der Waals surface area contributed by atoms with Crippen molar-refractivity contribution in [2.45, 2.75) is 5.60 Å². The number of morpholine rings is 1. The molecule has 2 saturated heterocycles. The molecule has 1 aromatic carbocycles. The van der Waals surface area contributed by atoms with Crippen LogP contribution in [0.15, 0.2) is 30.3 Å². The Kier molecular flexibility index (Phi) is 4.61. The van der Waals surface area contributed by atoms with E-state index in [1.165, 1.54) is 0 Å². The minimum Gasteiger partial charge on any atom is -0.480 e. The molecule has 1 spiro atoms. The number of anilines is 1. The largest absolute Gasteiger partial charge is 0.480 e. The van der Waals surface area contributed by atoms with Gasteiger partial charge in [-0.05, 0) is 12.1 Å². The van der Waals surface area contributed by atoms with Crippen LogP contribution >= 0.6 is 0 Å². The molecule has 124 valence electrons. The molecule has 7 nitrogen and oxygen atoms in total. The Hall–Kier alpha value is -1.96. The van der Waals surface area contributed by atoms with E-state index in [0.717, 1.165) is 5.69 Å². The van der Waals surface area contributed by atoms with Crippen molar-refractivity contribution < 1.29 is 24.2 Å². The summed E-state index contributed by atoms with van der Waals surface area (Å²) in [6, 6.07) is 9.41. The lowest BCUT2D eigenvalue weighted by Crippen LogP contribution is -2.61. The first-order valence-electron chi connectivity index (χ1n) is 7.59. The van der Waals surface area contributed by atoms with Gasteiger partial charge in [0.25, 0.3) is 5.91 Å². The molecule has 1 amide bonds. The number of carboxylic acid groups (broad SMARTS) is 1. The lowest BCUT2D eigenvalue weighted by atomic mass is 10.0. The molecule has 0 radical (unpaired) electrons. The molecular formula is C16H20N2O5. The molecule has 7 heteroatoms. The van der Waals surface area contributed by atoms with Gasteiger partial charge in [0.05, 0.1) is 26.3 Å². The van der Waals surface area contributed by atoms with Crippen molar-refractivity contribution in [3.63, 3.8) is 0 Å². The van der Waals surface area contributed by atoms with Crippen molar-refractivity contribution in [2.24, 2.45) is 0 Å². The van der Waals surface area contributed by atoms with E-state index < -0.39 is 11.6 Å². The van der Waals surface area contributed by atoms with Gasteiger partial charge in [0.2, 0.25) is 0 Å². The van der Waals surface area contributed by atoms with Crippen molar-refractivity contribution in [3.8, 4) is 0 Å². The third kappa shape index (κ3) is 3.69. The van der Waals surface area contributed by atoms with E-state index in [2.05, 4.69) is 0 Å². The van der Waals surface area contributed by atoms with E-state index in [4.69, 9.17) is 14.6 Å². The number of hydrogen-bond acceptors (Lipinski definition) is 5. The summed E-state index contributed by atoms with van der Waals surface area (Å²) in [4.78, 5) is 26.7. The van der Waals surface area contributed by atoms with Gasteiger partial charge in [0.1, 0.15) is 12.2 Å². The Balaban J connectivity index is 1.80. The van der Waals surface area contributed by atoms with Gasteiger partial charge in [-0.25, -0.2) is 0 Å². The number of nitrogens with zero attached hydrogens (tertiary/aromatic N) is 2. The molecule has 1 aromatic rings. The maximum absolute atomic E-state index is 12.2. The Labute approximate surface area is 134 Å². The zero-order valence-corrected chi connectivity index (χ0v) is 12.8. The van der Waals surface area contributed by atoms with Crippen LogP contribution in [0.3, 0.4) is 0 Å². The van der Waals surface area contributed by atoms with Crippen LogP contribution in [0.1, 0.15) is 0 Å². The number of hydrogen-bond donors (Lipinski definition) is 1. The summed E-state index contributed by atoms with van der Waals surface area (Å²) < 4.78 is 11.4. The first-order valence-corrected chi connectivity index (χ1v) is 7.59. The molecule has 2 heterocycles. The molecule has 0 bridgehead atoms. The predicted molar refractivity (Wildman–Crippen MR) is 82.4 cm³/mol. The van der Waals surface area contributed by atoms with Crippen molar-refractivity contribution >= 4 is 17.6 Å². The molecule has 0 aromatic heterocycles. The number of carbonyl (C=O) groups is 2. The molecule has 2 aliphatic rings. The summed E-state index contributed by atoms with van der Waals surface area (Å²) in [5, 5.41) is 9.03. The molecule has 0 saturated carbocycles. The van der Waals surface area contributed by atoms with E-state index in [9.17, 15) is 9.59 Å². The second kappa shape index (κ2) is 6.66. The van der Waals surface area contributed by atoms with E-state index >= 15 is 0 Å². The molecule has 23 heavy (non-hydrogen) atoms. The van der Waals surface area contributed by atoms with Crippen LogP contribution in [0, 0.1) is 0 Å². The first-order chi connectivity index (χ1) is 11.1. The van der Waals surface area contributed by atoms with E-state index in [0.29, 0.717) is 32.8 Å². The SMILES string of the molecule is O=C(O)CN1CCOCC2(C1)CN(c1ccccc1)C(=O)CO2. The van der Waals surface area contributed by atoms with Gasteiger partial charge in [-0.3, -0.25) is 14.5 Å². The zero-order valence-electron chi connectivity index (χ0n) is 12.8. The predicted octanol–water partition coefficient (Wildman–Crippen LogP) is 0.205. The van der Waals surface area contributed by atoms with Gasteiger partial charge in [0.15, 0.2) is 0 Å². The van der Waals surface area contributed by atoms with Gasteiger partial charge >= 0.3 is 5.97 Å². The fraction of sp³-hybridized carbons (Fsp3) is 0.500. The highest BCUT2D eigenvalue weighted by Gasteiger charge is 2.43. The van der Waals surface area contributed by atoms with Gasteiger partial charge in [0, 0.05) is 18.8 Å². The number of carbonyl (C=O) groups excluding carboxylic acids is 1. The number of ether oxygens (including phenoxy) is 2. The van der Waals surface area contributed by atoms with E-state index in [1.807, 2.05) is 30.3 Å². The molecule has 1 unspecified atom stereocenters. The van der Waals surface area contributed by atoms with Crippen LogP contribution < -0.4 is 4.90 Å². The fourth-order valence-corrected chi connectivity index (χ4v) is 3.05. The molecular weight excluding hydrogens is 300 g/mol. The monoisotopic (exact) mass is 320 g/mol. The number of aliphatic carboxylic acids is 1. The summed E-state index contributed by atoms with van der Waals surface area (Å²) in [5.41, 5.74) is 0.115. The summed E-state index contributed by atoms with van der Waals surface area (Å²) in [7, 11) is 0. The van der Waals surface area contributed by atoms with Gasteiger partial charge < -0.3 is 19.5 Å².